The van der Waals surface area contributed by atoms with Crippen molar-refractivity contribution in [1.29, 1.82) is 0 Å². The number of likely N-dealkylation sites (N-methyl/N-ethyl adjacent to an activating group) is 1. The SMILES string of the molecule is CC1CN(C)CC(O)C1(O)c1ccccc1. The summed E-state index contributed by atoms with van der Waals surface area (Å²) in [7, 11) is 1.96. The van der Waals surface area contributed by atoms with Gasteiger partial charge in [0.15, 0.2) is 0 Å². The van der Waals surface area contributed by atoms with Gasteiger partial charge in [-0.05, 0) is 12.6 Å². The van der Waals surface area contributed by atoms with Crippen molar-refractivity contribution < 1.29 is 10.2 Å². The summed E-state index contributed by atoms with van der Waals surface area (Å²) in [5, 5.41) is 20.9. The van der Waals surface area contributed by atoms with E-state index < -0.39 is 11.7 Å². The number of piperidine rings is 1. The van der Waals surface area contributed by atoms with E-state index in [0.717, 1.165) is 12.1 Å². The van der Waals surface area contributed by atoms with Crippen LogP contribution in [-0.4, -0.2) is 41.4 Å². The molecule has 0 aliphatic carbocycles. The second-order valence-corrected chi connectivity index (χ2v) is 4.83. The van der Waals surface area contributed by atoms with Crippen LogP contribution < -0.4 is 0 Å². The lowest BCUT2D eigenvalue weighted by molar-refractivity contribution is -0.153. The van der Waals surface area contributed by atoms with Gasteiger partial charge >= 0.3 is 0 Å². The van der Waals surface area contributed by atoms with Crippen LogP contribution in [0.1, 0.15) is 12.5 Å². The summed E-state index contributed by atoms with van der Waals surface area (Å²) >= 11 is 0. The minimum absolute atomic E-state index is 0.0173. The van der Waals surface area contributed by atoms with Gasteiger partial charge in [0.05, 0.1) is 6.10 Å². The summed E-state index contributed by atoms with van der Waals surface area (Å²) in [6, 6.07) is 9.46. The third-order valence-corrected chi connectivity index (χ3v) is 3.57. The molecule has 3 unspecified atom stereocenters. The molecule has 0 bridgehead atoms. The van der Waals surface area contributed by atoms with E-state index in [1.54, 1.807) is 0 Å². The van der Waals surface area contributed by atoms with Crippen molar-refractivity contribution in [3.63, 3.8) is 0 Å². The maximum absolute atomic E-state index is 10.7. The average Bonchev–Trinajstić information content (AvgIpc) is 2.27. The van der Waals surface area contributed by atoms with E-state index in [0.29, 0.717) is 6.54 Å². The minimum atomic E-state index is -1.12. The number of aliphatic hydroxyl groups excluding tert-OH is 1. The number of aliphatic hydroxyl groups is 2. The van der Waals surface area contributed by atoms with Crippen molar-refractivity contribution in [2.45, 2.75) is 18.6 Å². The molecule has 3 atom stereocenters. The molecule has 1 aromatic carbocycles. The van der Waals surface area contributed by atoms with Crippen molar-refractivity contribution in [2.24, 2.45) is 5.92 Å². The van der Waals surface area contributed by atoms with Crippen molar-refractivity contribution in [2.75, 3.05) is 20.1 Å². The molecule has 0 aromatic heterocycles. The van der Waals surface area contributed by atoms with Crippen LogP contribution in [0.5, 0.6) is 0 Å². The number of nitrogens with zero attached hydrogens (tertiary/aromatic N) is 1. The summed E-state index contributed by atoms with van der Waals surface area (Å²) in [6.45, 7) is 3.28. The average molecular weight is 221 g/mol. The summed E-state index contributed by atoms with van der Waals surface area (Å²) in [4.78, 5) is 2.05. The van der Waals surface area contributed by atoms with Gasteiger partial charge in [0.2, 0.25) is 0 Å². The number of rotatable bonds is 1. The van der Waals surface area contributed by atoms with Gasteiger partial charge in [-0.15, -0.1) is 0 Å². The standard InChI is InChI=1S/C13H19NO2/c1-10-8-14(2)9-12(15)13(10,16)11-6-4-3-5-7-11/h3-7,10,12,15-16H,8-9H2,1-2H3. The fourth-order valence-corrected chi connectivity index (χ4v) is 2.63. The normalized spacial score (nSPS) is 36.2. The highest BCUT2D eigenvalue weighted by molar-refractivity contribution is 5.26. The van der Waals surface area contributed by atoms with E-state index in [1.807, 2.05) is 49.2 Å². The molecule has 1 aliphatic rings. The molecule has 1 aromatic rings. The van der Waals surface area contributed by atoms with Gasteiger partial charge in [-0.3, -0.25) is 0 Å². The zero-order valence-electron chi connectivity index (χ0n) is 9.80. The van der Waals surface area contributed by atoms with E-state index in [-0.39, 0.29) is 5.92 Å². The first-order valence-corrected chi connectivity index (χ1v) is 5.69. The van der Waals surface area contributed by atoms with Crippen LogP contribution in [0.2, 0.25) is 0 Å². The lowest BCUT2D eigenvalue weighted by Gasteiger charge is -2.45. The highest BCUT2D eigenvalue weighted by atomic mass is 16.3. The van der Waals surface area contributed by atoms with Crippen LogP contribution in [0.25, 0.3) is 0 Å². The Balaban J connectivity index is 2.36. The number of benzene rings is 1. The Morgan fingerprint density at radius 3 is 2.44 bits per heavy atom. The van der Waals surface area contributed by atoms with Gasteiger partial charge in [0, 0.05) is 19.0 Å². The van der Waals surface area contributed by atoms with Crippen LogP contribution in [0.15, 0.2) is 30.3 Å². The van der Waals surface area contributed by atoms with E-state index in [2.05, 4.69) is 0 Å². The third kappa shape index (κ3) is 1.75. The fraction of sp³-hybridized carbons (Fsp3) is 0.538. The molecule has 1 aliphatic heterocycles. The third-order valence-electron chi connectivity index (χ3n) is 3.57. The van der Waals surface area contributed by atoms with Gasteiger partial charge in [0.25, 0.3) is 0 Å². The predicted octanol–water partition coefficient (Wildman–Crippen LogP) is 0.817. The smallest absolute Gasteiger partial charge is 0.120 e. The Morgan fingerprint density at radius 1 is 1.25 bits per heavy atom. The lowest BCUT2D eigenvalue weighted by Crippen LogP contribution is -2.57. The number of likely N-dealkylation sites (tertiary alicyclic amines) is 1. The molecular weight excluding hydrogens is 202 g/mol. The molecule has 3 heteroatoms. The Bertz CT molecular complexity index is 340. The second-order valence-electron chi connectivity index (χ2n) is 4.83. The maximum Gasteiger partial charge on any atom is 0.120 e. The van der Waals surface area contributed by atoms with E-state index in [4.69, 9.17) is 0 Å². The molecule has 1 saturated heterocycles. The molecule has 88 valence electrons. The highest BCUT2D eigenvalue weighted by Crippen LogP contribution is 2.36. The Hall–Kier alpha value is -0.900. The zero-order valence-corrected chi connectivity index (χ0v) is 9.80. The topological polar surface area (TPSA) is 43.7 Å². The Labute approximate surface area is 96.3 Å². The van der Waals surface area contributed by atoms with Crippen LogP contribution in [0, 0.1) is 5.92 Å². The van der Waals surface area contributed by atoms with Gasteiger partial charge in [-0.2, -0.15) is 0 Å². The number of hydrogen-bond acceptors (Lipinski definition) is 3. The molecule has 2 rings (SSSR count). The molecule has 3 nitrogen and oxygen atoms in total. The number of hydrogen-bond donors (Lipinski definition) is 2. The molecule has 0 spiro atoms. The monoisotopic (exact) mass is 221 g/mol. The number of β-amino-alcohol motifs (C(OH)–C–C–N with tert-alkyl or cyclic N) is 1. The molecule has 1 fully saturated rings. The fourth-order valence-electron chi connectivity index (χ4n) is 2.63. The molecular formula is C13H19NO2. The summed E-state index contributed by atoms with van der Waals surface area (Å²) < 4.78 is 0. The second kappa shape index (κ2) is 4.17. The van der Waals surface area contributed by atoms with Crippen molar-refractivity contribution in [3.8, 4) is 0 Å². The van der Waals surface area contributed by atoms with Crippen LogP contribution in [0.4, 0.5) is 0 Å². The first-order valence-electron chi connectivity index (χ1n) is 5.69. The Kier molecular flexibility index (Phi) is 3.02. The van der Waals surface area contributed by atoms with Gasteiger partial charge in [0.1, 0.15) is 5.60 Å². The first kappa shape index (κ1) is 11.6. The quantitative estimate of drug-likeness (QED) is 0.738. The largest absolute Gasteiger partial charge is 0.388 e. The van der Waals surface area contributed by atoms with Crippen molar-refractivity contribution in [3.05, 3.63) is 35.9 Å². The van der Waals surface area contributed by atoms with Gasteiger partial charge in [-0.25, -0.2) is 0 Å². The molecule has 16 heavy (non-hydrogen) atoms. The van der Waals surface area contributed by atoms with Gasteiger partial charge in [-0.1, -0.05) is 37.3 Å². The van der Waals surface area contributed by atoms with Crippen molar-refractivity contribution in [1.82, 2.24) is 4.90 Å². The van der Waals surface area contributed by atoms with Crippen LogP contribution in [0.3, 0.4) is 0 Å². The van der Waals surface area contributed by atoms with Crippen LogP contribution >= 0.6 is 0 Å². The Morgan fingerprint density at radius 2 is 1.88 bits per heavy atom. The van der Waals surface area contributed by atoms with E-state index >= 15 is 0 Å². The maximum atomic E-state index is 10.7. The van der Waals surface area contributed by atoms with Crippen LogP contribution in [-0.2, 0) is 5.60 Å². The molecule has 0 amide bonds. The van der Waals surface area contributed by atoms with E-state index in [9.17, 15) is 10.2 Å². The predicted molar refractivity (Wildman–Crippen MR) is 63.0 cm³/mol. The minimum Gasteiger partial charge on any atom is -0.388 e. The summed E-state index contributed by atoms with van der Waals surface area (Å²) in [5.41, 5.74) is -0.309. The molecule has 0 radical (unpaired) electrons. The molecule has 1 heterocycles. The molecule has 0 saturated carbocycles. The van der Waals surface area contributed by atoms with Crippen molar-refractivity contribution >= 4 is 0 Å². The molecule has 2 N–H and O–H groups in total. The zero-order chi connectivity index (χ0) is 11.8. The summed E-state index contributed by atoms with van der Waals surface area (Å²) in [6.07, 6.45) is -0.733. The van der Waals surface area contributed by atoms with E-state index in [1.165, 1.54) is 0 Å². The highest BCUT2D eigenvalue weighted by Gasteiger charge is 2.46. The lowest BCUT2D eigenvalue weighted by atomic mass is 9.75. The summed E-state index contributed by atoms with van der Waals surface area (Å²) in [5.74, 6) is 0.0173. The van der Waals surface area contributed by atoms with Gasteiger partial charge < -0.3 is 15.1 Å². The first-order chi connectivity index (χ1) is 7.55.